The van der Waals surface area contributed by atoms with E-state index in [9.17, 15) is 9.59 Å². The Morgan fingerprint density at radius 3 is 2.59 bits per heavy atom. The fraction of sp³-hybridized carbons (Fsp3) is 0.667. The Morgan fingerprint density at radius 2 is 1.72 bits per heavy atom. The van der Waals surface area contributed by atoms with Gasteiger partial charge >= 0.3 is 0 Å². The Labute approximate surface area is 190 Å². The highest BCUT2D eigenvalue weighted by Gasteiger charge is 2.41. The van der Waals surface area contributed by atoms with Crippen molar-refractivity contribution in [1.82, 2.24) is 14.7 Å². The minimum absolute atomic E-state index is 0.122. The molecule has 8 nitrogen and oxygen atoms in total. The summed E-state index contributed by atoms with van der Waals surface area (Å²) in [7, 11) is 0. The lowest BCUT2D eigenvalue weighted by atomic mass is 10.1. The summed E-state index contributed by atoms with van der Waals surface area (Å²) in [5, 5.41) is 0. The number of fused-ring (bicyclic) bond motifs is 2. The van der Waals surface area contributed by atoms with Gasteiger partial charge in [0, 0.05) is 45.7 Å². The number of hydrogen-bond donors (Lipinski definition) is 0. The van der Waals surface area contributed by atoms with Gasteiger partial charge in [0.2, 0.25) is 11.8 Å². The van der Waals surface area contributed by atoms with Gasteiger partial charge in [-0.15, -0.1) is 0 Å². The van der Waals surface area contributed by atoms with Crippen molar-refractivity contribution in [3.8, 4) is 11.5 Å². The van der Waals surface area contributed by atoms with Gasteiger partial charge in [0.05, 0.1) is 25.4 Å². The number of para-hydroxylation sites is 1. The molecular weight excluding hydrogens is 408 g/mol. The number of hydrogen-bond acceptors (Lipinski definition) is 6. The number of unbranched alkanes of at least 4 members (excludes halogenated alkanes) is 1. The zero-order valence-electron chi connectivity index (χ0n) is 18.8. The number of rotatable bonds is 6. The summed E-state index contributed by atoms with van der Waals surface area (Å²) in [5.41, 5.74) is 1.14. The maximum absolute atomic E-state index is 12.6. The Hall–Kier alpha value is -2.48. The molecule has 1 aromatic carbocycles. The molecule has 0 bridgehead atoms. The molecule has 0 saturated carbocycles. The molecule has 0 aliphatic carbocycles. The van der Waals surface area contributed by atoms with Crippen LogP contribution in [0.15, 0.2) is 18.2 Å². The number of nitrogens with zero attached hydrogens (tertiary/aromatic N) is 4. The van der Waals surface area contributed by atoms with Crippen LogP contribution in [0.5, 0.6) is 11.5 Å². The van der Waals surface area contributed by atoms with Crippen molar-refractivity contribution in [3.05, 3.63) is 18.2 Å². The van der Waals surface area contributed by atoms with Gasteiger partial charge in [0.1, 0.15) is 6.04 Å². The molecule has 4 heterocycles. The van der Waals surface area contributed by atoms with E-state index in [4.69, 9.17) is 9.47 Å². The number of piperazine rings is 2. The zero-order chi connectivity index (χ0) is 21.9. The average molecular weight is 443 g/mol. The van der Waals surface area contributed by atoms with Crippen LogP contribution in [0, 0.1) is 0 Å². The van der Waals surface area contributed by atoms with Gasteiger partial charge < -0.3 is 24.2 Å². The van der Waals surface area contributed by atoms with Crippen LogP contribution in [0.3, 0.4) is 0 Å². The van der Waals surface area contributed by atoms with E-state index in [0.717, 1.165) is 88.6 Å². The van der Waals surface area contributed by atoms with Crippen molar-refractivity contribution in [1.29, 1.82) is 0 Å². The Morgan fingerprint density at radius 1 is 0.906 bits per heavy atom. The van der Waals surface area contributed by atoms with E-state index in [1.54, 1.807) is 9.80 Å². The maximum atomic E-state index is 12.6. The van der Waals surface area contributed by atoms with Crippen LogP contribution in [0.4, 0.5) is 5.69 Å². The summed E-state index contributed by atoms with van der Waals surface area (Å²) >= 11 is 0. The molecule has 4 aliphatic heterocycles. The van der Waals surface area contributed by atoms with E-state index in [2.05, 4.69) is 15.9 Å². The highest BCUT2D eigenvalue weighted by molar-refractivity contribution is 5.95. The number of carbonyl (C=O) groups excluding carboxylic acids is 2. The second kappa shape index (κ2) is 9.57. The minimum atomic E-state index is -0.188. The topological polar surface area (TPSA) is 65.6 Å². The molecule has 3 saturated heterocycles. The molecule has 3 fully saturated rings. The molecule has 0 spiro atoms. The molecule has 8 heteroatoms. The smallest absolute Gasteiger partial charge is 0.245 e. The maximum Gasteiger partial charge on any atom is 0.245 e. The van der Waals surface area contributed by atoms with Crippen molar-refractivity contribution >= 4 is 17.5 Å². The van der Waals surface area contributed by atoms with E-state index in [1.807, 2.05) is 12.1 Å². The molecule has 1 unspecified atom stereocenters. The molecule has 1 aromatic rings. The van der Waals surface area contributed by atoms with E-state index in [-0.39, 0.29) is 24.4 Å². The first-order chi connectivity index (χ1) is 15.7. The summed E-state index contributed by atoms with van der Waals surface area (Å²) in [4.78, 5) is 33.4. The van der Waals surface area contributed by atoms with E-state index in [0.29, 0.717) is 19.8 Å². The predicted molar refractivity (Wildman–Crippen MR) is 121 cm³/mol. The summed E-state index contributed by atoms with van der Waals surface area (Å²) in [6.07, 6.45) is 4.69. The zero-order valence-corrected chi connectivity index (χ0v) is 18.8. The van der Waals surface area contributed by atoms with Gasteiger partial charge in [-0.05, 0) is 44.4 Å². The molecule has 4 aliphatic rings. The summed E-state index contributed by atoms with van der Waals surface area (Å²) in [6.45, 7) is 8.13. The SMILES string of the molecule is O=C1C2CCCN2C(=O)CN1CCCCN1CCN(c2cccc3c2OCCCO3)CC1. The van der Waals surface area contributed by atoms with Crippen molar-refractivity contribution in [2.45, 2.75) is 38.1 Å². The number of ether oxygens (including phenoxy) is 2. The Bertz CT molecular complexity index is 839. The lowest BCUT2D eigenvalue weighted by Crippen LogP contribution is -2.57. The number of anilines is 1. The summed E-state index contributed by atoms with van der Waals surface area (Å²) in [5.74, 6) is 2.02. The lowest BCUT2D eigenvalue weighted by Gasteiger charge is -2.37. The fourth-order valence-electron chi connectivity index (χ4n) is 5.33. The van der Waals surface area contributed by atoms with Crippen LogP contribution in [-0.4, -0.2) is 98.1 Å². The largest absolute Gasteiger partial charge is 0.489 e. The van der Waals surface area contributed by atoms with Crippen molar-refractivity contribution in [3.63, 3.8) is 0 Å². The van der Waals surface area contributed by atoms with E-state index in [1.165, 1.54) is 0 Å². The molecule has 1 atom stereocenters. The predicted octanol–water partition coefficient (Wildman–Crippen LogP) is 1.58. The molecule has 0 radical (unpaired) electrons. The number of benzene rings is 1. The first-order valence-corrected chi connectivity index (χ1v) is 12.1. The fourth-order valence-corrected chi connectivity index (χ4v) is 5.33. The number of amides is 2. The number of carbonyl (C=O) groups is 2. The van der Waals surface area contributed by atoms with Gasteiger partial charge in [0.15, 0.2) is 11.5 Å². The first kappa shape index (κ1) is 21.4. The van der Waals surface area contributed by atoms with Crippen molar-refractivity contribution in [2.75, 3.05) is 70.5 Å². The molecule has 0 N–H and O–H groups in total. The molecule has 5 rings (SSSR count). The van der Waals surface area contributed by atoms with Crippen LogP contribution in [0.1, 0.15) is 32.1 Å². The summed E-state index contributed by atoms with van der Waals surface area (Å²) in [6, 6.07) is 5.98. The van der Waals surface area contributed by atoms with Crippen molar-refractivity contribution < 1.29 is 19.1 Å². The second-order valence-corrected chi connectivity index (χ2v) is 9.20. The van der Waals surface area contributed by atoms with Crippen LogP contribution >= 0.6 is 0 Å². The van der Waals surface area contributed by atoms with E-state index < -0.39 is 0 Å². The summed E-state index contributed by atoms with van der Waals surface area (Å²) < 4.78 is 11.8. The van der Waals surface area contributed by atoms with Crippen molar-refractivity contribution in [2.24, 2.45) is 0 Å². The van der Waals surface area contributed by atoms with Gasteiger partial charge in [-0.2, -0.15) is 0 Å². The molecular formula is C24H34N4O4. The lowest BCUT2D eigenvalue weighted by molar-refractivity contribution is -0.153. The molecule has 2 amide bonds. The molecule has 174 valence electrons. The third-order valence-electron chi connectivity index (χ3n) is 7.11. The van der Waals surface area contributed by atoms with Crippen LogP contribution in [-0.2, 0) is 9.59 Å². The van der Waals surface area contributed by atoms with Gasteiger partial charge in [-0.25, -0.2) is 0 Å². The first-order valence-electron chi connectivity index (χ1n) is 12.1. The monoisotopic (exact) mass is 442 g/mol. The Kier molecular flexibility index (Phi) is 6.39. The third-order valence-corrected chi connectivity index (χ3v) is 7.11. The highest BCUT2D eigenvalue weighted by atomic mass is 16.5. The Balaban J connectivity index is 1.06. The van der Waals surface area contributed by atoms with Crippen LogP contribution in [0.2, 0.25) is 0 Å². The molecule has 32 heavy (non-hydrogen) atoms. The quantitative estimate of drug-likeness (QED) is 0.624. The highest BCUT2D eigenvalue weighted by Crippen LogP contribution is 2.39. The standard InChI is InChI=1S/C24H34N4O4/c29-22-18-27(24(30)20-7-4-11-28(20)22)10-2-1-9-25-12-14-26(15-13-25)19-6-3-8-21-23(19)32-17-5-16-31-21/h3,6,8,20H,1-2,4-5,7,9-18H2. The van der Waals surface area contributed by atoms with Gasteiger partial charge in [0.25, 0.3) is 0 Å². The normalized spacial score (nSPS) is 24.0. The van der Waals surface area contributed by atoms with E-state index >= 15 is 0 Å². The van der Waals surface area contributed by atoms with Gasteiger partial charge in [-0.1, -0.05) is 6.07 Å². The van der Waals surface area contributed by atoms with Crippen LogP contribution in [0.25, 0.3) is 0 Å². The van der Waals surface area contributed by atoms with Gasteiger partial charge in [-0.3, -0.25) is 14.5 Å². The molecule has 0 aromatic heterocycles. The minimum Gasteiger partial charge on any atom is -0.489 e. The second-order valence-electron chi connectivity index (χ2n) is 9.20. The average Bonchev–Trinajstić information content (AvgIpc) is 3.19. The van der Waals surface area contributed by atoms with Crippen LogP contribution < -0.4 is 14.4 Å². The third kappa shape index (κ3) is 4.37.